The van der Waals surface area contributed by atoms with Crippen molar-refractivity contribution < 1.29 is 19.6 Å². The Labute approximate surface area is 182 Å². The highest BCUT2D eigenvalue weighted by Crippen LogP contribution is 2.24. The summed E-state index contributed by atoms with van der Waals surface area (Å²) >= 11 is 0. The van der Waals surface area contributed by atoms with Crippen molar-refractivity contribution >= 4 is 50.9 Å². The maximum Gasteiger partial charge on any atom is 0.244 e. The van der Waals surface area contributed by atoms with E-state index >= 15 is 0 Å². The maximum atomic E-state index is 13.0. The topological polar surface area (TPSA) is 133 Å². The quantitative estimate of drug-likeness (QED) is 0.212. The Bertz CT molecular complexity index is 1220. The van der Waals surface area contributed by atoms with E-state index in [1.165, 1.54) is 5.48 Å². The monoisotopic (exact) mass is 429 g/mol. The molecule has 0 atom stereocenters. The molecule has 2 heterocycles. The lowest BCUT2D eigenvalue weighted by Gasteiger charge is -2.17. The molecule has 32 heavy (non-hydrogen) atoms. The Hall–Kier alpha value is -4.37. The number of nitrogens with one attached hydrogen (secondary N) is 3. The van der Waals surface area contributed by atoms with Gasteiger partial charge in [0.05, 0.1) is 22.4 Å². The summed E-state index contributed by atoms with van der Waals surface area (Å²) < 4.78 is 0. The molecule has 0 fully saturated rings. The molecule has 0 aliphatic carbocycles. The van der Waals surface area contributed by atoms with Crippen molar-refractivity contribution in [3.8, 4) is 0 Å². The summed E-state index contributed by atoms with van der Waals surface area (Å²) in [4.78, 5) is 46.4. The molecule has 0 aliphatic rings. The Kier molecular flexibility index (Phi) is 6.00. The molecule has 2 aromatic carbocycles. The zero-order chi connectivity index (χ0) is 22.5. The number of para-hydroxylation sites is 2. The normalized spacial score (nSPS) is 10.8. The number of carbonyl (C=O) groups excluding carboxylic acids is 3. The van der Waals surface area contributed by atoms with Crippen LogP contribution in [-0.4, -0.2) is 32.9 Å². The molecule has 0 spiro atoms. The summed E-state index contributed by atoms with van der Waals surface area (Å²) in [6.45, 7) is 0. The van der Waals surface area contributed by atoms with Gasteiger partial charge in [0.25, 0.3) is 0 Å². The fourth-order valence-corrected chi connectivity index (χ4v) is 3.39. The van der Waals surface area contributed by atoms with Crippen molar-refractivity contribution in [1.82, 2.24) is 15.4 Å². The largest absolute Gasteiger partial charge is 0.323 e. The molecule has 0 saturated heterocycles. The number of aromatic nitrogens is 2. The number of fused-ring (bicyclic) bond motifs is 2. The van der Waals surface area contributed by atoms with Crippen molar-refractivity contribution in [2.24, 2.45) is 5.92 Å². The van der Waals surface area contributed by atoms with Crippen molar-refractivity contribution in [3.63, 3.8) is 0 Å². The molecule has 9 heteroatoms. The molecule has 3 amide bonds. The van der Waals surface area contributed by atoms with E-state index in [1.807, 2.05) is 24.3 Å². The number of hydrogen-bond acceptors (Lipinski definition) is 6. The van der Waals surface area contributed by atoms with Gasteiger partial charge in [0.15, 0.2) is 0 Å². The van der Waals surface area contributed by atoms with Crippen LogP contribution in [0.1, 0.15) is 6.42 Å². The molecular weight excluding hydrogens is 410 g/mol. The second-order valence-corrected chi connectivity index (χ2v) is 7.03. The van der Waals surface area contributed by atoms with E-state index in [1.54, 1.807) is 48.8 Å². The molecular formula is C23H19N5O4. The van der Waals surface area contributed by atoms with Gasteiger partial charge < -0.3 is 10.6 Å². The third kappa shape index (κ3) is 4.37. The van der Waals surface area contributed by atoms with Crippen LogP contribution in [-0.2, 0) is 14.4 Å². The lowest BCUT2D eigenvalue weighted by molar-refractivity contribution is -0.137. The average Bonchev–Trinajstić information content (AvgIpc) is 2.82. The molecule has 4 N–H and O–H groups in total. The molecule has 160 valence electrons. The summed E-state index contributed by atoms with van der Waals surface area (Å²) in [6.07, 6.45) is 2.63. The predicted octanol–water partition coefficient (Wildman–Crippen LogP) is 2.87. The second kappa shape index (κ2) is 9.19. The first-order valence-electron chi connectivity index (χ1n) is 9.79. The van der Waals surface area contributed by atoms with Gasteiger partial charge in [-0.05, 0) is 24.3 Å². The molecule has 4 rings (SSSR count). The van der Waals surface area contributed by atoms with Gasteiger partial charge >= 0.3 is 0 Å². The Morgan fingerprint density at radius 2 is 1.22 bits per heavy atom. The minimum Gasteiger partial charge on any atom is -0.323 e. The number of nitrogens with zero attached hydrogens (tertiary/aromatic N) is 2. The number of hydroxylamine groups is 1. The van der Waals surface area contributed by atoms with Crippen LogP contribution in [0.15, 0.2) is 73.1 Å². The van der Waals surface area contributed by atoms with Crippen molar-refractivity contribution in [2.45, 2.75) is 6.42 Å². The van der Waals surface area contributed by atoms with E-state index in [0.717, 1.165) is 10.8 Å². The van der Waals surface area contributed by atoms with Gasteiger partial charge in [-0.1, -0.05) is 36.4 Å². The predicted molar refractivity (Wildman–Crippen MR) is 119 cm³/mol. The number of hydrogen-bond donors (Lipinski definition) is 4. The van der Waals surface area contributed by atoms with Crippen LogP contribution in [0.5, 0.6) is 0 Å². The molecule has 0 radical (unpaired) electrons. The molecule has 9 nitrogen and oxygen atoms in total. The Balaban J connectivity index is 1.62. The summed E-state index contributed by atoms with van der Waals surface area (Å²) in [5, 5.41) is 15.9. The van der Waals surface area contributed by atoms with Crippen LogP contribution in [0.3, 0.4) is 0 Å². The average molecular weight is 429 g/mol. The van der Waals surface area contributed by atoms with E-state index in [-0.39, 0.29) is 0 Å². The molecule has 0 saturated carbocycles. The molecule has 0 aliphatic heterocycles. The van der Waals surface area contributed by atoms with E-state index in [0.29, 0.717) is 22.4 Å². The highest BCUT2D eigenvalue weighted by molar-refractivity contribution is 6.15. The maximum absolute atomic E-state index is 13.0. The molecule has 0 bridgehead atoms. The van der Waals surface area contributed by atoms with Crippen LogP contribution >= 0.6 is 0 Å². The SMILES string of the molecule is O=C(CC(C(=O)Nc1cccc2cccnc12)C(=O)Nc1cccc2cccnc12)NO. The van der Waals surface area contributed by atoms with E-state index in [2.05, 4.69) is 20.6 Å². The van der Waals surface area contributed by atoms with E-state index < -0.39 is 30.1 Å². The number of rotatable bonds is 6. The summed E-state index contributed by atoms with van der Waals surface area (Å²) in [5.74, 6) is -3.71. The number of pyridine rings is 2. The second-order valence-electron chi connectivity index (χ2n) is 7.03. The number of benzene rings is 2. The lowest BCUT2D eigenvalue weighted by atomic mass is 10.0. The van der Waals surface area contributed by atoms with Crippen LogP contribution in [0.2, 0.25) is 0 Å². The standard InChI is InChI=1S/C23H19N5O4/c29-19(28-32)13-16(22(30)26-17-9-1-5-14-7-3-11-24-20(14)17)23(31)27-18-10-2-6-15-8-4-12-25-21(15)18/h1-12,16,32H,13H2,(H,26,30)(H,27,31)(H,28,29). The minimum absolute atomic E-state index is 0.405. The third-order valence-corrected chi connectivity index (χ3v) is 4.93. The van der Waals surface area contributed by atoms with Gasteiger partial charge in [-0.25, -0.2) is 5.48 Å². The van der Waals surface area contributed by atoms with Gasteiger partial charge in [-0.15, -0.1) is 0 Å². The smallest absolute Gasteiger partial charge is 0.244 e. The summed E-state index contributed by atoms with van der Waals surface area (Å²) in [5.41, 5.74) is 3.38. The Morgan fingerprint density at radius 1 is 0.750 bits per heavy atom. The zero-order valence-corrected chi connectivity index (χ0v) is 16.8. The van der Waals surface area contributed by atoms with Crippen LogP contribution in [0.4, 0.5) is 11.4 Å². The van der Waals surface area contributed by atoms with Crippen LogP contribution < -0.4 is 16.1 Å². The van der Waals surface area contributed by atoms with Crippen molar-refractivity contribution in [2.75, 3.05) is 10.6 Å². The first-order valence-corrected chi connectivity index (χ1v) is 9.79. The lowest BCUT2D eigenvalue weighted by Crippen LogP contribution is -2.37. The van der Waals surface area contributed by atoms with Gasteiger partial charge in [0.1, 0.15) is 5.92 Å². The zero-order valence-electron chi connectivity index (χ0n) is 16.8. The van der Waals surface area contributed by atoms with E-state index in [9.17, 15) is 14.4 Å². The molecule has 0 unspecified atom stereocenters. The summed E-state index contributed by atoms with van der Waals surface area (Å²) in [7, 11) is 0. The molecule has 2 aromatic heterocycles. The van der Waals surface area contributed by atoms with Gasteiger partial charge in [-0.3, -0.25) is 29.6 Å². The van der Waals surface area contributed by atoms with Crippen LogP contribution in [0.25, 0.3) is 21.8 Å². The van der Waals surface area contributed by atoms with Gasteiger partial charge in [-0.2, -0.15) is 0 Å². The number of anilines is 2. The molecule has 4 aromatic rings. The fourth-order valence-electron chi connectivity index (χ4n) is 3.39. The first kappa shape index (κ1) is 20.9. The number of amides is 3. The third-order valence-electron chi connectivity index (χ3n) is 4.93. The first-order chi connectivity index (χ1) is 15.6. The minimum atomic E-state index is -1.42. The highest BCUT2D eigenvalue weighted by Gasteiger charge is 2.30. The van der Waals surface area contributed by atoms with Gasteiger partial charge in [0, 0.05) is 29.6 Å². The highest BCUT2D eigenvalue weighted by atomic mass is 16.5. The van der Waals surface area contributed by atoms with Crippen LogP contribution in [0, 0.1) is 5.92 Å². The fraction of sp³-hybridized carbons (Fsp3) is 0.0870. The van der Waals surface area contributed by atoms with Crippen molar-refractivity contribution in [3.05, 3.63) is 73.1 Å². The van der Waals surface area contributed by atoms with Crippen molar-refractivity contribution in [1.29, 1.82) is 0 Å². The van der Waals surface area contributed by atoms with Gasteiger partial charge in [0.2, 0.25) is 17.7 Å². The van der Waals surface area contributed by atoms with E-state index in [4.69, 9.17) is 5.21 Å². The Morgan fingerprint density at radius 3 is 1.69 bits per heavy atom. The number of carbonyl (C=O) groups is 3. The summed E-state index contributed by atoms with van der Waals surface area (Å²) in [6, 6.07) is 17.7.